The van der Waals surface area contributed by atoms with Gasteiger partial charge in [-0.05, 0) is 33.6 Å². The second kappa shape index (κ2) is 7.26. The van der Waals surface area contributed by atoms with Crippen molar-refractivity contribution in [3.05, 3.63) is 17.0 Å². The number of hydrogen-bond donors (Lipinski definition) is 1. The molecule has 0 saturated heterocycles. The maximum atomic E-state index is 12.6. The SMILES string of the molecule is CCCC(C#N)(CCC)C(=O)NC(C)c1c(C)noc1C. The Morgan fingerprint density at radius 3 is 2.33 bits per heavy atom. The molecule has 0 aliphatic carbocycles. The van der Waals surface area contributed by atoms with Gasteiger partial charge in [-0.25, -0.2) is 0 Å². The first-order valence-corrected chi connectivity index (χ1v) is 7.56. The van der Waals surface area contributed by atoms with Gasteiger partial charge in [-0.3, -0.25) is 4.79 Å². The zero-order valence-corrected chi connectivity index (χ0v) is 13.6. The van der Waals surface area contributed by atoms with E-state index in [9.17, 15) is 10.1 Å². The van der Waals surface area contributed by atoms with Crippen LogP contribution >= 0.6 is 0 Å². The summed E-state index contributed by atoms with van der Waals surface area (Å²) in [5.74, 6) is 0.509. The largest absolute Gasteiger partial charge is 0.361 e. The fourth-order valence-electron chi connectivity index (χ4n) is 2.88. The summed E-state index contributed by atoms with van der Waals surface area (Å²) in [5.41, 5.74) is 0.730. The van der Waals surface area contributed by atoms with Crippen molar-refractivity contribution in [1.82, 2.24) is 10.5 Å². The Kier molecular flexibility index (Phi) is 5.95. The molecule has 1 aromatic rings. The normalized spacial score (nSPS) is 12.8. The molecule has 21 heavy (non-hydrogen) atoms. The molecule has 0 spiro atoms. The third-order valence-corrected chi connectivity index (χ3v) is 3.87. The highest BCUT2D eigenvalue weighted by Gasteiger charge is 2.38. The van der Waals surface area contributed by atoms with Crippen LogP contribution in [0.15, 0.2) is 4.52 Å². The average molecular weight is 291 g/mol. The monoisotopic (exact) mass is 291 g/mol. The minimum atomic E-state index is -0.934. The smallest absolute Gasteiger partial charge is 0.240 e. The van der Waals surface area contributed by atoms with Gasteiger partial charge in [0.1, 0.15) is 11.2 Å². The molecule has 5 heteroatoms. The molecule has 1 heterocycles. The number of carbonyl (C=O) groups is 1. The predicted octanol–water partition coefficient (Wildman–Crippen LogP) is 3.58. The summed E-state index contributed by atoms with van der Waals surface area (Å²) < 4.78 is 5.14. The molecule has 5 nitrogen and oxygen atoms in total. The van der Waals surface area contributed by atoms with Crippen molar-refractivity contribution in [1.29, 1.82) is 5.26 Å². The molecule has 0 bridgehead atoms. The summed E-state index contributed by atoms with van der Waals surface area (Å²) in [6.45, 7) is 9.56. The lowest BCUT2D eigenvalue weighted by Gasteiger charge is -2.26. The van der Waals surface area contributed by atoms with Crippen LogP contribution in [0.1, 0.15) is 69.5 Å². The number of aromatic nitrogens is 1. The summed E-state index contributed by atoms with van der Waals surface area (Å²) in [6, 6.07) is 2.03. The van der Waals surface area contributed by atoms with E-state index in [1.807, 2.05) is 34.6 Å². The Balaban J connectivity index is 2.94. The molecule has 116 valence electrons. The van der Waals surface area contributed by atoms with E-state index in [0.717, 1.165) is 24.1 Å². The maximum absolute atomic E-state index is 12.6. The topological polar surface area (TPSA) is 78.9 Å². The van der Waals surface area contributed by atoms with Gasteiger partial charge in [0.2, 0.25) is 5.91 Å². The molecule has 1 unspecified atom stereocenters. The second-order valence-electron chi connectivity index (χ2n) is 5.63. The van der Waals surface area contributed by atoms with Crippen molar-refractivity contribution >= 4 is 5.91 Å². The van der Waals surface area contributed by atoms with Crippen molar-refractivity contribution < 1.29 is 9.32 Å². The van der Waals surface area contributed by atoms with Gasteiger partial charge in [-0.2, -0.15) is 5.26 Å². The van der Waals surface area contributed by atoms with Crippen LogP contribution < -0.4 is 5.32 Å². The van der Waals surface area contributed by atoms with E-state index >= 15 is 0 Å². The highest BCUT2D eigenvalue weighted by atomic mass is 16.5. The van der Waals surface area contributed by atoms with Crippen molar-refractivity contribution in [2.45, 2.75) is 66.3 Å². The summed E-state index contributed by atoms with van der Waals surface area (Å²) in [6.07, 6.45) is 2.77. The number of nitrogens with zero attached hydrogens (tertiary/aromatic N) is 2. The summed E-state index contributed by atoms with van der Waals surface area (Å²) >= 11 is 0. The molecule has 1 rings (SSSR count). The number of rotatable bonds is 7. The molecule has 0 aliphatic rings. The van der Waals surface area contributed by atoms with Gasteiger partial charge in [0.25, 0.3) is 0 Å². The minimum absolute atomic E-state index is 0.193. The van der Waals surface area contributed by atoms with E-state index in [1.165, 1.54) is 0 Å². The lowest BCUT2D eigenvalue weighted by Crippen LogP contribution is -2.41. The van der Waals surface area contributed by atoms with Crippen LogP contribution in [0.3, 0.4) is 0 Å². The van der Waals surface area contributed by atoms with E-state index in [-0.39, 0.29) is 11.9 Å². The summed E-state index contributed by atoms with van der Waals surface area (Å²) in [7, 11) is 0. The van der Waals surface area contributed by atoms with Gasteiger partial charge in [0.05, 0.1) is 17.8 Å². The fraction of sp³-hybridized carbons (Fsp3) is 0.688. The van der Waals surface area contributed by atoms with E-state index in [1.54, 1.807) is 0 Å². The molecular weight excluding hydrogens is 266 g/mol. The van der Waals surface area contributed by atoms with Crippen LogP contribution in [0, 0.1) is 30.6 Å². The second-order valence-corrected chi connectivity index (χ2v) is 5.63. The van der Waals surface area contributed by atoms with Gasteiger partial charge in [0, 0.05) is 5.56 Å². The Hall–Kier alpha value is -1.83. The molecular formula is C16H25N3O2. The van der Waals surface area contributed by atoms with Crippen molar-refractivity contribution in [2.75, 3.05) is 0 Å². The number of amides is 1. The van der Waals surface area contributed by atoms with Crippen molar-refractivity contribution in [3.63, 3.8) is 0 Å². The molecule has 0 radical (unpaired) electrons. The van der Waals surface area contributed by atoms with E-state index in [4.69, 9.17) is 4.52 Å². The predicted molar refractivity (Wildman–Crippen MR) is 80.4 cm³/mol. The Labute approximate surface area is 126 Å². The fourth-order valence-corrected chi connectivity index (χ4v) is 2.88. The van der Waals surface area contributed by atoms with Gasteiger partial charge in [-0.1, -0.05) is 31.8 Å². The van der Waals surface area contributed by atoms with Gasteiger partial charge < -0.3 is 9.84 Å². The maximum Gasteiger partial charge on any atom is 0.240 e. The molecule has 0 saturated carbocycles. The lowest BCUT2D eigenvalue weighted by atomic mass is 9.79. The Morgan fingerprint density at radius 2 is 1.95 bits per heavy atom. The first-order valence-electron chi connectivity index (χ1n) is 7.56. The van der Waals surface area contributed by atoms with Gasteiger partial charge in [0.15, 0.2) is 0 Å². The molecule has 0 fully saturated rings. The number of nitriles is 1. The number of carbonyl (C=O) groups excluding carboxylic acids is 1. The van der Waals surface area contributed by atoms with Crippen LogP contribution in [0.4, 0.5) is 0 Å². The van der Waals surface area contributed by atoms with Crippen LogP contribution in [0.2, 0.25) is 0 Å². The Bertz CT molecular complexity index is 503. The molecule has 0 aliphatic heterocycles. The van der Waals surface area contributed by atoms with Crippen LogP contribution in [0.5, 0.6) is 0 Å². The third kappa shape index (κ3) is 3.63. The average Bonchev–Trinajstić information content (AvgIpc) is 2.77. The molecule has 1 aromatic heterocycles. The molecule has 0 aromatic carbocycles. The van der Waals surface area contributed by atoms with Crippen LogP contribution in [-0.2, 0) is 4.79 Å². The first kappa shape index (κ1) is 17.2. The van der Waals surface area contributed by atoms with Crippen LogP contribution in [0.25, 0.3) is 0 Å². The van der Waals surface area contributed by atoms with E-state index < -0.39 is 5.41 Å². The highest BCUT2D eigenvalue weighted by Crippen LogP contribution is 2.31. The standard InChI is InChI=1S/C16H25N3O2/c1-6-8-16(10-17,9-7-2)15(20)18-11(3)14-12(4)19-21-13(14)5/h11H,6-9H2,1-5H3,(H,18,20). The van der Waals surface area contributed by atoms with Gasteiger partial charge >= 0.3 is 0 Å². The molecule has 1 N–H and O–H groups in total. The Morgan fingerprint density at radius 1 is 1.38 bits per heavy atom. The summed E-state index contributed by atoms with van der Waals surface area (Å²) in [5, 5.41) is 16.4. The third-order valence-electron chi connectivity index (χ3n) is 3.87. The van der Waals surface area contributed by atoms with E-state index in [0.29, 0.717) is 18.6 Å². The quantitative estimate of drug-likeness (QED) is 0.832. The zero-order chi connectivity index (χ0) is 16.0. The van der Waals surface area contributed by atoms with Gasteiger partial charge in [-0.15, -0.1) is 0 Å². The minimum Gasteiger partial charge on any atom is -0.361 e. The number of hydrogen-bond acceptors (Lipinski definition) is 4. The molecule has 1 amide bonds. The lowest BCUT2D eigenvalue weighted by molar-refractivity contribution is -0.129. The summed E-state index contributed by atoms with van der Waals surface area (Å²) in [4.78, 5) is 12.6. The van der Waals surface area contributed by atoms with Crippen LogP contribution in [-0.4, -0.2) is 11.1 Å². The van der Waals surface area contributed by atoms with Crippen molar-refractivity contribution in [3.8, 4) is 6.07 Å². The number of nitrogens with one attached hydrogen (secondary N) is 1. The highest BCUT2D eigenvalue weighted by molar-refractivity contribution is 5.85. The first-order chi connectivity index (χ1) is 9.91. The number of aryl methyl sites for hydroxylation is 2. The molecule has 1 atom stereocenters. The van der Waals surface area contributed by atoms with E-state index in [2.05, 4.69) is 16.5 Å². The zero-order valence-electron chi connectivity index (χ0n) is 13.6. The van der Waals surface area contributed by atoms with Crippen molar-refractivity contribution in [2.24, 2.45) is 5.41 Å².